The lowest BCUT2D eigenvalue weighted by Crippen LogP contribution is -2.28. The molecule has 0 aliphatic heterocycles. The van der Waals surface area contributed by atoms with Crippen LogP contribution in [0.4, 0.5) is 0 Å². The van der Waals surface area contributed by atoms with E-state index in [1.807, 2.05) is 23.9 Å². The van der Waals surface area contributed by atoms with Gasteiger partial charge in [0.2, 0.25) is 0 Å². The lowest BCUT2D eigenvalue weighted by Gasteiger charge is -2.25. The van der Waals surface area contributed by atoms with Gasteiger partial charge in [-0.05, 0) is 56.0 Å². The zero-order valence-electron chi connectivity index (χ0n) is 18.1. The number of ether oxygens (including phenoxy) is 2. The Morgan fingerprint density at radius 3 is 1.89 bits per heavy atom. The van der Waals surface area contributed by atoms with Gasteiger partial charge in [-0.3, -0.25) is 0 Å². The molecule has 2 rings (SSSR count). The number of benzene rings is 2. The second-order valence-electron chi connectivity index (χ2n) is 7.82. The molecule has 2 aromatic rings. The van der Waals surface area contributed by atoms with Crippen molar-refractivity contribution in [2.45, 2.75) is 25.5 Å². The zero-order valence-corrected chi connectivity index (χ0v) is 19.8. The number of rotatable bonds is 10. The highest BCUT2D eigenvalue weighted by Crippen LogP contribution is 2.35. The van der Waals surface area contributed by atoms with Crippen molar-refractivity contribution in [3.05, 3.63) is 48.5 Å². The van der Waals surface area contributed by atoms with E-state index in [2.05, 4.69) is 69.1 Å². The number of nitrogens with zero attached hydrogens (tertiary/aromatic N) is 1. The molecule has 0 N–H and O–H groups in total. The highest BCUT2D eigenvalue weighted by molar-refractivity contribution is 8.00. The number of hydrogen-bond donors (Lipinski definition) is 0. The maximum atomic E-state index is 5.47. The van der Waals surface area contributed by atoms with Gasteiger partial charge in [0.15, 0.2) is 0 Å². The van der Waals surface area contributed by atoms with Crippen LogP contribution in [-0.2, 0) is 0 Å². The van der Waals surface area contributed by atoms with Gasteiger partial charge >= 0.3 is 0 Å². The van der Waals surface area contributed by atoms with Gasteiger partial charge in [-0.15, -0.1) is 0 Å². The molecule has 0 amide bonds. The summed E-state index contributed by atoms with van der Waals surface area (Å²) in [5.41, 5.74) is 0. The third kappa shape index (κ3) is 7.66. The molecule has 5 heteroatoms. The van der Waals surface area contributed by atoms with Gasteiger partial charge in [-0.25, -0.2) is 0 Å². The Balaban J connectivity index is 2.12. The van der Waals surface area contributed by atoms with Crippen molar-refractivity contribution in [2.75, 3.05) is 46.3 Å². The molecule has 0 radical (unpaired) electrons. The monoisotopic (exact) mass is 419 g/mol. The van der Waals surface area contributed by atoms with E-state index in [1.54, 1.807) is 14.2 Å². The molecular formula is C23H34NO2PS. The molecule has 0 atom stereocenters. The summed E-state index contributed by atoms with van der Waals surface area (Å²) >= 11 is 2.03. The van der Waals surface area contributed by atoms with Gasteiger partial charge in [0.1, 0.15) is 11.5 Å². The predicted molar refractivity (Wildman–Crippen MR) is 127 cm³/mol. The Hall–Kier alpha value is -1.22. The first kappa shape index (κ1) is 23.1. The van der Waals surface area contributed by atoms with Gasteiger partial charge in [0, 0.05) is 23.6 Å². The number of hydrogen-bond acceptors (Lipinski definition) is 4. The van der Waals surface area contributed by atoms with E-state index in [-0.39, 0.29) is 0 Å². The minimum absolute atomic E-state index is 0.328. The molecule has 0 aliphatic carbocycles. The molecule has 0 bridgehead atoms. The molecule has 2 aromatic carbocycles. The summed E-state index contributed by atoms with van der Waals surface area (Å²) in [6.07, 6.45) is 1.12. The van der Waals surface area contributed by atoms with Gasteiger partial charge < -0.3 is 14.4 Å². The highest BCUT2D eigenvalue weighted by atomic mass is 32.2. The van der Waals surface area contributed by atoms with Crippen molar-refractivity contribution in [2.24, 2.45) is 0 Å². The fraction of sp³-hybridized carbons (Fsp3) is 0.478. The molecule has 0 aromatic heterocycles. The van der Waals surface area contributed by atoms with Gasteiger partial charge in [0.05, 0.1) is 14.2 Å². The summed E-state index contributed by atoms with van der Waals surface area (Å²) in [4.78, 5) is 2.45. The Bertz CT molecular complexity index is 685. The fourth-order valence-electron chi connectivity index (χ4n) is 2.85. The minimum atomic E-state index is -0.473. The molecule has 3 nitrogen and oxygen atoms in total. The summed E-state index contributed by atoms with van der Waals surface area (Å²) in [6, 6.07) is 17.0. The van der Waals surface area contributed by atoms with Crippen LogP contribution in [0.25, 0.3) is 0 Å². The summed E-state index contributed by atoms with van der Waals surface area (Å²) in [7, 11) is 5.22. The molecule has 0 saturated heterocycles. The van der Waals surface area contributed by atoms with E-state index in [9.17, 15) is 0 Å². The third-order valence-corrected chi connectivity index (χ3v) is 8.15. The average molecular weight is 420 g/mol. The van der Waals surface area contributed by atoms with E-state index in [0.717, 1.165) is 36.5 Å². The van der Waals surface area contributed by atoms with E-state index in [0.29, 0.717) is 4.75 Å². The van der Waals surface area contributed by atoms with E-state index < -0.39 is 7.92 Å². The van der Waals surface area contributed by atoms with Crippen molar-refractivity contribution < 1.29 is 9.47 Å². The van der Waals surface area contributed by atoms with Crippen molar-refractivity contribution >= 4 is 30.3 Å². The molecule has 0 unspecified atom stereocenters. The standard InChI is InChI=1S/C23H34NO2PS/c1-23(2,3)28-16-14-24(4)13-15-27(21-11-7-9-19(17-21)25-5)22-12-8-10-20(18-22)26-6/h7-12,17-18H,13-16H2,1-6H3. The van der Waals surface area contributed by atoms with Crippen LogP contribution in [0.2, 0.25) is 0 Å². The Kier molecular flexibility index (Phi) is 9.14. The van der Waals surface area contributed by atoms with Crippen LogP contribution in [-0.4, -0.2) is 55.9 Å². The molecule has 0 aliphatic rings. The van der Waals surface area contributed by atoms with E-state index in [1.165, 1.54) is 10.6 Å². The third-order valence-electron chi connectivity index (χ3n) is 4.44. The first-order chi connectivity index (χ1) is 13.3. The van der Waals surface area contributed by atoms with Crippen molar-refractivity contribution in [1.82, 2.24) is 4.90 Å². The maximum Gasteiger partial charge on any atom is 0.119 e. The summed E-state index contributed by atoms with van der Waals surface area (Å²) in [5.74, 6) is 3.00. The molecule has 0 heterocycles. The van der Waals surface area contributed by atoms with Crippen LogP contribution < -0.4 is 20.1 Å². The lowest BCUT2D eigenvalue weighted by molar-refractivity contribution is 0.379. The number of thioether (sulfide) groups is 1. The van der Waals surface area contributed by atoms with Gasteiger partial charge in [0.25, 0.3) is 0 Å². The van der Waals surface area contributed by atoms with Crippen LogP contribution in [0.5, 0.6) is 11.5 Å². The zero-order chi connectivity index (χ0) is 20.6. The molecule has 0 saturated carbocycles. The second-order valence-corrected chi connectivity index (χ2v) is 12.1. The predicted octanol–water partition coefficient (Wildman–Crippen LogP) is 4.60. The van der Waals surface area contributed by atoms with Crippen LogP contribution >= 0.6 is 19.7 Å². The largest absolute Gasteiger partial charge is 0.497 e. The van der Waals surface area contributed by atoms with E-state index >= 15 is 0 Å². The Morgan fingerprint density at radius 1 is 0.893 bits per heavy atom. The van der Waals surface area contributed by atoms with Crippen molar-refractivity contribution in [3.63, 3.8) is 0 Å². The molecule has 28 heavy (non-hydrogen) atoms. The van der Waals surface area contributed by atoms with Crippen LogP contribution in [0.1, 0.15) is 20.8 Å². The molecule has 154 valence electrons. The first-order valence-electron chi connectivity index (χ1n) is 9.70. The van der Waals surface area contributed by atoms with Crippen molar-refractivity contribution in [1.29, 1.82) is 0 Å². The van der Waals surface area contributed by atoms with Crippen LogP contribution in [0, 0.1) is 0 Å². The normalized spacial score (nSPS) is 11.9. The highest BCUT2D eigenvalue weighted by Gasteiger charge is 2.17. The van der Waals surface area contributed by atoms with Crippen LogP contribution in [0.15, 0.2) is 48.5 Å². The first-order valence-corrected chi connectivity index (χ1v) is 12.2. The topological polar surface area (TPSA) is 21.7 Å². The van der Waals surface area contributed by atoms with E-state index in [4.69, 9.17) is 9.47 Å². The second kappa shape index (κ2) is 11.1. The van der Waals surface area contributed by atoms with Gasteiger partial charge in [-0.2, -0.15) is 11.8 Å². The quantitative estimate of drug-likeness (QED) is 0.525. The fourth-order valence-corrected chi connectivity index (χ4v) is 6.32. The summed E-state index contributed by atoms with van der Waals surface area (Å²) in [5, 5.41) is 2.69. The van der Waals surface area contributed by atoms with Crippen LogP contribution in [0.3, 0.4) is 0 Å². The smallest absolute Gasteiger partial charge is 0.119 e. The van der Waals surface area contributed by atoms with Gasteiger partial charge in [-0.1, -0.05) is 45.0 Å². The molecular weight excluding hydrogens is 385 g/mol. The lowest BCUT2D eigenvalue weighted by atomic mass is 10.3. The Morgan fingerprint density at radius 2 is 1.43 bits per heavy atom. The maximum absolute atomic E-state index is 5.47. The minimum Gasteiger partial charge on any atom is -0.497 e. The number of methoxy groups -OCH3 is 2. The summed E-state index contributed by atoms with van der Waals surface area (Å²) in [6.45, 7) is 9.03. The molecule has 0 spiro atoms. The summed E-state index contributed by atoms with van der Waals surface area (Å²) < 4.78 is 11.3. The molecule has 0 fully saturated rings. The van der Waals surface area contributed by atoms with Crippen molar-refractivity contribution in [3.8, 4) is 11.5 Å². The average Bonchev–Trinajstić information content (AvgIpc) is 2.67. The SMILES string of the molecule is COc1cccc(P(CCN(C)CCSC(C)(C)C)c2cccc(OC)c2)c1. The Labute approximate surface area is 176 Å².